The third-order valence-corrected chi connectivity index (χ3v) is 4.82. The van der Waals surface area contributed by atoms with Gasteiger partial charge < -0.3 is 38.3 Å². The molecule has 0 heterocycles. The van der Waals surface area contributed by atoms with E-state index in [4.69, 9.17) is 17.2 Å². The predicted octanol–water partition coefficient (Wildman–Crippen LogP) is -2.69. The second kappa shape index (κ2) is 13.2. The van der Waals surface area contributed by atoms with Crippen molar-refractivity contribution in [2.75, 3.05) is 0 Å². The molecule has 10 N–H and O–H groups in total. The summed E-state index contributed by atoms with van der Waals surface area (Å²) in [5, 5.41) is 16.4. The van der Waals surface area contributed by atoms with E-state index in [1.165, 1.54) is 0 Å². The fourth-order valence-electron chi connectivity index (χ4n) is 2.71. The molecule has 0 bridgehead atoms. The molecule has 0 aliphatic heterocycles. The monoisotopic (exact) mass is 458 g/mol. The first-order valence-corrected chi connectivity index (χ1v) is 10.2. The number of hydrogen-bond donors (Lipinski definition) is 7. The van der Waals surface area contributed by atoms with Crippen LogP contribution in [-0.2, 0) is 28.8 Å². The van der Waals surface area contributed by atoms with E-state index in [0.717, 1.165) is 0 Å². The quantitative estimate of drug-likeness (QED) is 0.144. The van der Waals surface area contributed by atoms with Gasteiger partial charge in [-0.15, -0.1) is 0 Å². The minimum absolute atomic E-state index is 0.410. The van der Waals surface area contributed by atoms with E-state index in [2.05, 4.69) is 16.0 Å². The van der Waals surface area contributed by atoms with Crippen molar-refractivity contribution in [3.63, 3.8) is 0 Å². The first-order valence-electron chi connectivity index (χ1n) is 10.2. The Morgan fingerprint density at radius 1 is 0.781 bits per heavy atom. The van der Waals surface area contributed by atoms with Crippen LogP contribution >= 0.6 is 0 Å². The van der Waals surface area contributed by atoms with E-state index >= 15 is 0 Å². The van der Waals surface area contributed by atoms with Crippen LogP contribution in [0.1, 0.15) is 47.0 Å². The van der Waals surface area contributed by atoms with Crippen LogP contribution in [0, 0.1) is 11.8 Å². The van der Waals surface area contributed by atoms with Crippen LogP contribution in [0.15, 0.2) is 0 Å². The van der Waals surface area contributed by atoms with E-state index in [0.29, 0.717) is 6.42 Å². The molecule has 0 aromatic carbocycles. The summed E-state index contributed by atoms with van der Waals surface area (Å²) in [6.45, 7) is 6.73. The fraction of sp³-hybridized carbons (Fsp3) is 0.684. The standard InChI is InChI=1S/C19H34N6O7/c1-5-9(4)15(18(30)23-11(19(31)32)7-13(22)27)25-17(29)14(8(2)3)24-16(28)10(20)6-12(21)26/h8-11,14-15H,5-7,20H2,1-4H3,(H2,21,26)(H2,22,27)(H,23,30)(H,24,28)(H,25,29)(H,31,32). The van der Waals surface area contributed by atoms with Crippen LogP contribution in [0.2, 0.25) is 0 Å². The zero-order chi connectivity index (χ0) is 25.2. The van der Waals surface area contributed by atoms with Gasteiger partial charge in [-0.2, -0.15) is 0 Å². The molecule has 0 saturated carbocycles. The number of carboxylic acids is 1. The largest absolute Gasteiger partial charge is 0.480 e. The number of nitrogens with one attached hydrogen (secondary N) is 3. The molecule has 0 saturated heterocycles. The average Bonchev–Trinajstić information content (AvgIpc) is 2.67. The Morgan fingerprint density at radius 3 is 1.66 bits per heavy atom. The Labute approximate surface area is 186 Å². The molecule has 0 radical (unpaired) electrons. The van der Waals surface area contributed by atoms with Crippen molar-refractivity contribution < 1.29 is 33.9 Å². The second-order valence-electron chi connectivity index (χ2n) is 7.95. The summed E-state index contributed by atoms with van der Waals surface area (Å²) >= 11 is 0. The number of amides is 5. The van der Waals surface area contributed by atoms with Gasteiger partial charge in [0.2, 0.25) is 29.5 Å². The molecule has 0 spiro atoms. The first-order chi connectivity index (χ1) is 14.7. The lowest BCUT2D eigenvalue weighted by Gasteiger charge is -2.29. The molecule has 5 unspecified atom stereocenters. The molecule has 32 heavy (non-hydrogen) atoms. The van der Waals surface area contributed by atoms with Gasteiger partial charge in [-0.3, -0.25) is 24.0 Å². The lowest BCUT2D eigenvalue weighted by atomic mass is 9.96. The number of rotatable bonds is 14. The minimum Gasteiger partial charge on any atom is -0.480 e. The molecular formula is C19H34N6O7. The van der Waals surface area contributed by atoms with Crippen molar-refractivity contribution in [3.8, 4) is 0 Å². The molecule has 0 aliphatic rings. The van der Waals surface area contributed by atoms with E-state index in [-0.39, 0.29) is 0 Å². The van der Waals surface area contributed by atoms with Crippen LogP contribution in [0.5, 0.6) is 0 Å². The Balaban J connectivity index is 5.52. The van der Waals surface area contributed by atoms with Crippen LogP contribution in [-0.4, -0.2) is 64.8 Å². The maximum Gasteiger partial charge on any atom is 0.326 e. The predicted molar refractivity (Wildman–Crippen MR) is 113 cm³/mol. The van der Waals surface area contributed by atoms with Crippen LogP contribution in [0.25, 0.3) is 0 Å². The van der Waals surface area contributed by atoms with Gasteiger partial charge in [0.15, 0.2) is 0 Å². The van der Waals surface area contributed by atoms with Crippen molar-refractivity contribution in [2.24, 2.45) is 29.0 Å². The summed E-state index contributed by atoms with van der Waals surface area (Å²) in [4.78, 5) is 71.2. The minimum atomic E-state index is -1.56. The summed E-state index contributed by atoms with van der Waals surface area (Å²) in [5.41, 5.74) is 15.7. The maximum absolute atomic E-state index is 12.9. The van der Waals surface area contributed by atoms with Gasteiger partial charge >= 0.3 is 5.97 Å². The highest BCUT2D eigenvalue weighted by molar-refractivity contribution is 5.95. The summed E-state index contributed by atoms with van der Waals surface area (Å²) in [6.07, 6.45) is -0.578. The molecular weight excluding hydrogens is 424 g/mol. The smallest absolute Gasteiger partial charge is 0.326 e. The number of carboxylic acid groups (broad SMARTS) is 1. The van der Waals surface area contributed by atoms with Gasteiger partial charge in [0.25, 0.3) is 0 Å². The van der Waals surface area contributed by atoms with Gasteiger partial charge in [-0.05, 0) is 11.8 Å². The molecule has 13 nitrogen and oxygen atoms in total. The maximum atomic E-state index is 12.9. The molecule has 5 amide bonds. The van der Waals surface area contributed by atoms with E-state index in [1.54, 1.807) is 27.7 Å². The van der Waals surface area contributed by atoms with Gasteiger partial charge in [-0.1, -0.05) is 34.1 Å². The Kier molecular flexibility index (Phi) is 11.9. The number of aliphatic carboxylic acids is 1. The zero-order valence-corrected chi connectivity index (χ0v) is 18.7. The van der Waals surface area contributed by atoms with Crippen LogP contribution in [0.3, 0.4) is 0 Å². The Hall–Kier alpha value is -3.22. The topological polar surface area (TPSA) is 237 Å². The number of carbonyl (C=O) groups excluding carboxylic acids is 5. The molecule has 0 rings (SSSR count). The molecule has 0 aliphatic carbocycles. The second-order valence-corrected chi connectivity index (χ2v) is 7.95. The molecule has 5 atom stereocenters. The van der Waals surface area contributed by atoms with Crippen LogP contribution < -0.4 is 33.2 Å². The molecule has 0 fully saturated rings. The van der Waals surface area contributed by atoms with Crippen molar-refractivity contribution >= 4 is 35.5 Å². The van der Waals surface area contributed by atoms with Crippen molar-refractivity contribution in [1.82, 2.24) is 16.0 Å². The SMILES string of the molecule is CCC(C)C(NC(=O)C(NC(=O)C(N)CC(N)=O)C(C)C)C(=O)NC(CC(N)=O)C(=O)O. The molecule has 0 aromatic rings. The Morgan fingerprint density at radius 2 is 1.25 bits per heavy atom. The number of nitrogens with two attached hydrogens (primary N) is 3. The highest BCUT2D eigenvalue weighted by atomic mass is 16.4. The van der Waals surface area contributed by atoms with Crippen LogP contribution in [0.4, 0.5) is 0 Å². The number of carbonyl (C=O) groups is 6. The third kappa shape index (κ3) is 9.73. The van der Waals surface area contributed by atoms with Crippen molar-refractivity contribution in [1.29, 1.82) is 0 Å². The molecule has 0 aromatic heterocycles. The highest BCUT2D eigenvalue weighted by Gasteiger charge is 2.34. The number of hydrogen-bond acceptors (Lipinski definition) is 7. The van der Waals surface area contributed by atoms with Crippen molar-refractivity contribution in [3.05, 3.63) is 0 Å². The lowest BCUT2D eigenvalue weighted by molar-refractivity contribution is -0.144. The van der Waals surface area contributed by atoms with Gasteiger partial charge in [0.1, 0.15) is 18.1 Å². The summed E-state index contributed by atoms with van der Waals surface area (Å²) in [6, 6.07) is -5.06. The fourth-order valence-corrected chi connectivity index (χ4v) is 2.71. The summed E-state index contributed by atoms with van der Waals surface area (Å²) in [5.74, 6) is -6.28. The molecule has 13 heteroatoms. The number of primary amides is 2. The zero-order valence-electron chi connectivity index (χ0n) is 18.7. The average molecular weight is 459 g/mol. The first kappa shape index (κ1) is 28.8. The molecule has 182 valence electrons. The van der Waals surface area contributed by atoms with Gasteiger partial charge in [-0.25, -0.2) is 4.79 Å². The van der Waals surface area contributed by atoms with Gasteiger partial charge in [0, 0.05) is 0 Å². The lowest BCUT2D eigenvalue weighted by Crippen LogP contribution is -2.60. The Bertz CT molecular complexity index is 727. The van der Waals surface area contributed by atoms with E-state index < -0.39 is 84.4 Å². The van der Waals surface area contributed by atoms with Crippen molar-refractivity contribution in [2.45, 2.75) is 71.1 Å². The van der Waals surface area contributed by atoms with E-state index in [1.807, 2.05) is 0 Å². The summed E-state index contributed by atoms with van der Waals surface area (Å²) < 4.78 is 0. The summed E-state index contributed by atoms with van der Waals surface area (Å²) in [7, 11) is 0. The normalized spacial score (nSPS) is 15.6. The van der Waals surface area contributed by atoms with Gasteiger partial charge in [0.05, 0.1) is 18.9 Å². The third-order valence-electron chi connectivity index (χ3n) is 4.82. The van der Waals surface area contributed by atoms with E-state index in [9.17, 15) is 33.9 Å². The highest BCUT2D eigenvalue weighted by Crippen LogP contribution is 2.11.